The van der Waals surface area contributed by atoms with Gasteiger partial charge in [0, 0.05) is 18.9 Å². The lowest BCUT2D eigenvalue weighted by molar-refractivity contribution is 0.120. The third-order valence-electron chi connectivity index (χ3n) is 3.99. The third kappa shape index (κ3) is 3.55. The van der Waals surface area contributed by atoms with Crippen molar-refractivity contribution in [2.45, 2.75) is 45.1 Å². The molecule has 0 amide bonds. The monoisotopic (exact) mass is 287 g/mol. The summed E-state index contributed by atoms with van der Waals surface area (Å²) in [4.78, 5) is 0. The van der Waals surface area contributed by atoms with Crippen LogP contribution < -0.4 is 5.73 Å². The lowest BCUT2D eigenvalue weighted by Crippen LogP contribution is -2.20. The summed E-state index contributed by atoms with van der Waals surface area (Å²) in [6.07, 6.45) is 0.114. The molecule has 0 saturated carbocycles. The van der Waals surface area contributed by atoms with E-state index >= 15 is 0 Å². The number of benzene rings is 1. The van der Waals surface area contributed by atoms with Crippen LogP contribution in [0, 0.1) is 0 Å². The van der Waals surface area contributed by atoms with Crippen molar-refractivity contribution in [3.05, 3.63) is 59.0 Å². The first-order valence-electron chi connectivity index (χ1n) is 7.63. The van der Waals surface area contributed by atoms with Gasteiger partial charge in [-0.2, -0.15) is 0 Å². The van der Waals surface area contributed by atoms with Crippen molar-refractivity contribution < 1.29 is 9.52 Å². The van der Waals surface area contributed by atoms with E-state index in [1.807, 2.05) is 19.1 Å². The number of rotatable bonds is 6. The van der Waals surface area contributed by atoms with Gasteiger partial charge in [0.15, 0.2) is 0 Å². The van der Waals surface area contributed by atoms with Crippen LogP contribution in [0.1, 0.15) is 61.4 Å². The maximum Gasteiger partial charge on any atom is 0.133 e. The second-order valence-corrected chi connectivity index (χ2v) is 5.77. The molecule has 2 unspecified atom stereocenters. The number of aliphatic hydroxyl groups is 1. The Morgan fingerprint density at radius 2 is 1.67 bits per heavy atom. The molecule has 21 heavy (non-hydrogen) atoms. The Morgan fingerprint density at radius 1 is 1.05 bits per heavy atom. The van der Waals surface area contributed by atoms with Crippen LogP contribution in [0.15, 0.2) is 40.8 Å². The molecule has 3 nitrogen and oxygen atoms in total. The fourth-order valence-electron chi connectivity index (χ4n) is 2.52. The van der Waals surface area contributed by atoms with Gasteiger partial charge in [-0.1, -0.05) is 45.0 Å². The van der Waals surface area contributed by atoms with E-state index < -0.39 is 6.10 Å². The Balaban J connectivity index is 2.21. The minimum atomic E-state index is -0.708. The van der Waals surface area contributed by atoms with Gasteiger partial charge in [0.1, 0.15) is 17.6 Å². The number of hydrogen-bond acceptors (Lipinski definition) is 3. The standard InChI is InChI=1S/C18H25NO2/c1-4-15-9-10-17(21-15)18(20)16(11-19)14-7-5-13(6-8-14)12(2)3/h5-10,12,16,18,20H,4,11,19H2,1-3H3. The zero-order valence-electron chi connectivity index (χ0n) is 13.0. The summed E-state index contributed by atoms with van der Waals surface area (Å²) in [6, 6.07) is 12.1. The predicted octanol–water partition coefficient (Wildman–Crippen LogP) is 3.74. The first-order valence-corrected chi connectivity index (χ1v) is 7.63. The topological polar surface area (TPSA) is 59.4 Å². The van der Waals surface area contributed by atoms with Gasteiger partial charge in [0.25, 0.3) is 0 Å². The molecule has 0 aliphatic heterocycles. The largest absolute Gasteiger partial charge is 0.463 e. The molecule has 3 heteroatoms. The Morgan fingerprint density at radius 3 is 2.14 bits per heavy atom. The molecule has 0 fully saturated rings. The summed E-state index contributed by atoms with van der Waals surface area (Å²) >= 11 is 0. The maximum absolute atomic E-state index is 10.5. The van der Waals surface area contributed by atoms with Crippen LogP contribution in [0.25, 0.3) is 0 Å². The molecular weight excluding hydrogens is 262 g/mol. The average molecular weight is 287 g/mol. The maximum atomic E-state index is 10.5. The molecule has 0 spiro atoms. The smallest absolute Gasteiger partial charge is 0.133 e. The van der Waals surface area contributed by atoms with Gasteiger partial charge in [0.2, 0.25) is 0 Å². The second kappa shape index (κ2) is 6.92. The molecule has 2 rings (SSSR count). The zero-order chi connectivity index (χ0) is 15.4. The highest BCUT2D eigenvalue weighted by atomic mass is 16.4. The number of aryl methyl sites for hydroxylation is 1. The summed E-state index contributed by atoms with van der Waals surface area (Å²) in [5, 5.41) is 10.5. The molecule has 0 aliphatic rings. The SMILES string of the molecule is CCc1ccc(C(O)C(CN)c2ccc(C(C)C)cc2)o1. The summed E-state index contributed by atoms with van der Waals surface area (Å²) < 4.78 is 5.66. The molecule has 0 radical (unpaired) electrons. The van der Waals surface area contributed by atoms with Gasteiger partial charge in [0.05, 0.1) is 0 Å². The van der Waals surface area contributed by atoms with Crippen LogP contribution >= 0.6 is 0 Å². The summed E-state index contributed by atoms with van der Waals surface area (Å²) in [6.45, 7) is 6.74. The van der Waals surface area contributed by atoms with Crippen molar-refractivity contribution in [2.24, 2.45) is 5.73 Å². The predicted molar refractivity (Wildman–Crippen MR) is 85.4 cm³/mol. The quantitative estimate of drug-likeness (QED) is 0.851. The van der Waals surface area contributed by atoms with E-state index in [9.17, 15) is 5.11 Å². The van der Waals surface area contributed by atoms with Crippen molar-refractivity contribution in [3.8, 4) is 0 Å². The van der Waals surface area contributed by atoms with E-state index in [-0.39, 0.29) is 5.92 Å². The molecule has 2 aromatic rings. The molecule has 2 atom stereocenters. The van der Waals surface area contributed by atoms with Gasteiger partial charge < -0.3 is 15.3 Å². The fourth-order valence-corrected chi connectivity index (χ4v) is 2.52. The number of aliphatic hydroxyl groups excluding tert-OH is 1. The van der Waals surface area contributed by atoms with E-state index in [0.717, 1.165) is 17.7 Å². The molecule has 0 bridgehead atoms. The van der Waals surface area contributed by atoms with Crippen molar-refractivity contribution in [3.63, 3.8) is 0 Å². The van der Waals surface area contributed by atoms with Crippen molar-refractivity contribution in [1.82, 2.24) is 0 Å². The summed E-state index contributed by atoms with van der Waals surface area (Å²) in [5.41, 5.74) is 8.21. The number of furan rings is 1. The van der Waals surface area contributed by atoms with E-state index in [4.69, 9.17) is 10.2 Å². The molecule has 3 N–H and O–H groups in total. The molecule has 0 aliphatic carbocycles. The fraction of sp³-hybridized carbons (Fsp3) is 0.444. The lowest BCUT2D eigenvalue weighted by atomic mass is 9.90. The van der Waals surface area contributed by atoms with Crippen LogP contribution in [0.3, 0.4) is 0 Å². The Hall–Kier alpha value is -1.58. The van der Waals surface area contributed by atoms with E-state index in [0.29, 0.717) is 18.2 Å². The zero-order valence-corrected chi connectivity index (χ0v) is 13.0. The molecule has 0 saturated heterocycles. The minimum absolute atomic E-state index is 0.151. The van der Waals surface area contributed by atoms with Crippen LogP contribution in [0.2, 0.25) is 0 Å². The molecule has 114 valence electrons. The molecule has 1 aromatic carbocycles. The van der Waals surface area contributed by atoms with E-state index in [2.05, 4.69) is 38.1 Å². The third-order valence-corrected chi connectivity index (χ3v) is 3.99. The van der Waals surface area contributed by atoms with E-state index in [1.165, 1.54) is 5.56 Å². The van der Waals surface area contributed by atoms with Gasteiger partial charge >= 0.3 is 0 Å². The highest BCUT2D eigenvalue weighted by molar-refractivity contribution is 5.29. The van der Waals surface area contributed by atoms with Crippen LogP contribution in [0.5, 0.6) is 0 Å². The normalized spacial score (nSPS) is 14.4. The Kier molecular flexibility index (Phi) is 5.21. The van der Waals surface area contributed by atoms with Crippen LogP contribution in [0.4, 0.5) is 0 Å². The lowest BCUT2D eigenvalue weighted by Gasteiger charge is -2.21. The van der Waals surface area contributed by atoms with E-state index in [1.54, 1.807) is 0 Å². The first kappa shape index (κ1) is 15.8. The van der Waals surface area contributed by atoms with Crippen molar-refractivity contribution >= 4 is 0 Å². The van der Waals surface area contributed by atoms with Crippen molar-refractivity contribution in [1.29, 1.82) is 0 Å². The molecular formula is C18H25NO2. The highest BCUT2D eigenvalue weighted by Crippen LogP contribution is 2.32. The van der Waals surface area contributed by atoms with Crippen LogP contribution in [-0.2, 0) is 6.42 Å². The first-order chi connectivity index (χ1) is 10.1. The molecule has 1 aromatic heterocycles. The molecule has 1 heterocycles. The average Bonchev–Trinajstić information content (AvgIpc) is 2.97. The van der Waals surface area contributed by atoms with Gasteiger partial charge in [-0.3, -0.25) is 0 Å². The van der Waals surface area contributed by atoms with Crippen LogP contribution in [-0.4, -0.2) is 11.7 Å². The van der Waals surface area contributed by atoms with Gasteiger partial charge in [-0.05, 0) is 29.2 Å². The summed E-state index contributed by atoms with van der Waals surface area (Å²) in [5.74, 6) is 1.82. The van der Waals surface area contributed by atoms with Crippen molar-refractivity contribution in [2.75, 3.05) is 6.54 Å². The Labute approximate surface area is 126 Å². The van der Waals surface area contributed by atoms with Gasteiger partial charge in [-0.25, -0.2) is 0 Å². The number of hydrogen-bond donors (Lipinski definition) is 2. The summed E-state index contributed by atoms with van der Waals surface area (Å²) in [7, 11) is 0. The number of nitrogens with two attached hydrogens (primary N) is 1. The second-order valence-electron chi connectivity index (χ2n) is 5.77. The Bertz CT molecular complexity index is 557. The van der Waals surface area contributed by atoms with Gasteiger partial charge in [-0.15, -0.1) is 0 Å². The minimum Gasteiger partial charge on any atom is -0.463 e. The highest BCUT2D eigenvalue weighted by Gasteiger charge is 2.24.